The first-order valence-electron chi connectivity index (χ1n) is 13.0. The molecule has 1 aliphatic heterocycles. The summed E-state index contributed by atoms with van der Waals surface area (Å²) in [7, 11) is -0.0765. The summed E-state index contributed by atoms with van der Waals surface area (Å²) in [5.74, 6) is 0. The lowest BCUT2D eigenvalue weighted by atomic mass is 10.1. The van der Waals surface area contributed by atoms with Gasteiger partial charge in [0.25, 0.3) is 0 Å². The number of hydrogen-bond donors (Lipinski definition) is 0. The number of nitrogens with zero attached hydrogens (tertiary/aromatic N) is 6. The van der Waals surface area contributed by atoms with Crippen LogP contribution in [0.25, 0.3) is 16.6 Å². The van der Waals surface area contributed by atoms with Crippen LogP contribution >= 0.6 is 0 Å². The maximum Gasteiger partial charge on any atom is 0.410 e. The van der Waals surface area contributed by atoms with Crippen LogP contribution in [-0.4, -0.2) is 76.6 Å². The lowest BCUT2D eigenvalue weighted by Gasteiger charge is -2.44. The minimum atomic E-state index is -1.99. The van der Waals surface area contributed by atoms with E-state index in [0.29, 0.717) is 26.2 Å². The van der Waals surface area contributed by atoms with Crippen molar-refractivity contribution in [2.45, 2.75) is 71.3 Å². The fourth-order valence-electron chi connectivity index (χ4n) is 4.25. The predicted octanol–water partition coefficient (Wildman–Crippen LogP) is 5.18. The number of pyridine rings is 1. The van der Waals surface area contributed by atoms with Crippen molar-refractivity contribution in [2.24, 2.45) is 7.05 Å². The van der Waals surface area contributed by atoms with Gasteiger partial charge in [0.1, 0.15) is 5.60 Å². The highest BCUT2D eigenvalue weighted by atomic mass is 28.4. The number of fused-ring (bicyclic) bond motifs is 1. The van der Waals surface area contributed by atoms with E-state index < -0.39 is 13.9 Å². The second kappa shape index (κ2) is 9.79. The number of carbonyl (C=O) groups excluding carboxylic acids is 1. The monoisotopic (exact) mass is 526 g/mol. The molecule has 3 aromatic rings. The summed E-state index contributed by atoms with van der Waals surface area (Å²) in [4.78, 5) is 17.3. The predicted molar refractivity (Wildman–Crippen MR) is 149 cm³/mol. The Morgan fingerprint density at radius 2 is 1.76 bits per heavy atom. The lowest BCUT2D eigenvalue weighted by Crippen LogP contribution is -2.59. The van der Waals surface area contributed by atoms with E-state index in [1.54, 1.807) is 4.68 Å². The fourth-order valence-corrected chi connectivity index (χ4v) is 5.30. The summed E-state index contributed by atoms with van der Waals surface area (Å²) in [6.07, 6.45) is 7.52. The van der Waals surface area contributed by atoms with Crippen LogP contribution in [0.1, 0.15) is 41.5 Å². The number of ether oxygens (including phenoxy) is 1. The number of carbonyl (C=O) groups is 1. The second-order valence-corrected chi connectivity index (χ2v) is 17.3. The minimum absolute atomic E-state index is 0.0898. The molecule has 0 bridgehead atoms. The third-order valence-electron chi connectivity index (χ3n) is 7.43. The summed E-state index contributed by atoms with van der Waals surface area (Å²) in [6, 6.07) is 4.08. The van der Waals surface area contributed by atoms with E-state index in [1.165, 1.54) is 0 Å². The standard InChI is InChI=1S/C27H42N6O3Si/c1-26(2,3)36-25(34)32-13-12-31(18-22(32)19-35-37(8,9)27(4,5)6)24-15-29-33-17-20(10-11-23(24)33)21-14-28-30(7)16-21/h10-11,14-17,22H,12-13,18-19H2,1-9H3. The molecule has 1 unspecified atom stereocenters. The van der Waals surface area contributed by atoms with Gasteiger partial charge in [-0.2, -0.15) is 10.2 Å². The first-order valence-corrected chi connectivity index (χ1v) is 15.9. The fraction of sp³-hybridized carbons (Fsp3) is 0.593. The van der Waals surface area contributed by atoms with Crippen LogP contribution in [0, 0.1) is 0 Å². The van der Waals surface area contributed by atoms with Crippen molar-refractivity contribution in [2.75, 3.05) is 31.1 Å². The highest BCUT2D eigenvalue weighted by Crippen LogP contribution is 2.37. The molecular formula is C27H42N6O3Si. The molecule has 0 radical (unpaired) electrons. The van der Waals surface area contributed by atoms with Gasteiger partial charge in [-0.15, -0.1) is 0 Å². The number of piperazine rings is 1. The molecule has 4 rings (SSSR count). The molecule has 1 fully saturated rings. The van der Waals surface area contributed by atoms with Crippen molar-refractivity contribution < 1.29 is 14.0 Å². The van der Waals surface area contributed by atoms with E-state index in [9.17, 15) is 4.79 Å². The van der Waals surface area contributed by atoms with Gasteiger partial charge in [-0.1, -0.05) is 26.8 Å². The van der Waals surface area contributed by atoms with E-state index in [2.05, 4.69) is 61.1 Å². The van der Waals surface area contributed by atoms with E-state index in [-0.39, 0.29) is 17.2 Å². The summed E-state index contributed by atoms with van der Waals surface area (Å²) in [5.41, 5.74) is 3.65. The topological polar surface area (TPSA) is 77.1 Å². The highest BCUT2D eigenvalue weighted by Gasteiger charge is 2.40. The summed E-state index contributed by atoms with van der Waals surface area (Å²) in [6.45, 7) is 19.3. The van der Waals surface area contributed by atoms with Crippen molar-refractivity contribution in [3.63, 3.8) is 0 Å². The van der Waals surface area contributed by atoms with Crippen molar-refractivity contribution in [3.05, 3.63) is 36.9 Å². The highest BCUT2D eigenvalue weighted by molar-refractivity contribution is 6.74. The van der Waals surface area contributed by atoms with E-state index in [1.807, 2.05) is 62.0 Å². The van der Waals surface area contributed by atoms with Gasteiger partial charge in [0, 0.05) is 50.2 Å². The molecule has 10 heteroatoms. The molecule has 1 atom stereocenters. The Kier molecular flexibility index (Phi) is 7.20. The largest absolute Gasteiger partial charge is 0.444 e. The Bertz CT molecular complexity index is 1250. The second-order valence-electron chi connectivity index (χ2n) is 12.5. The Labute approximate surface area is 221 Å². The van der Waals surface area contributed by atoms with Gasteiger partial charge in [0.2, 0.25) is 0 Å². The van der Waals surface area contributed by atoms with Crippen LogP contribution < -0.4 is 4.90 Å². The number of hydrogen-bond acceptors (Lipinski definition) is 6. The van der Waals surface area contributed by atoms with Gasteiger partial charge in [0.15, 0.2) is 8.32 Å². The average molecular weight is 527 g/mol. The Hall–Kier alpha value is -2.85. The zero-order valence-electron chi connectivity index (χ0n) is 23.8. The summed E-state index contributed by atoms with van der Waals surface area (Å²) >= 11 is 0. The van der Waals surface area contributed by atoms with Crippen molar-refractivity contribution in [3.8, 4) is 11.1 Å². The number of anilines is 1. The zero-order chi connectivity index (χ0) is 27.2. The molecule has 202 valence electrons. The number of amides is 1. The van der Waals surface area contributed by atoms with Crippen LogP contribution in [0.15, 0.2) is 36.9 Å². The molecule has 0 spiro atoms. The number of aromatic nitrogens is 4. The molecule has 0 saturated carbocycles. The lowest BCUT2D eigenvalue weighted by molar-refractivity contribution is 0.00785. The molecule has 4 heterocycles. The van der Waals surface area contributed by atoms with Gasteiger partial charge in [0.05, 0.1) is 36.2 Å². The molecule has 0 N–H and O–H groups in total. The van der Waals surface area contributed by atoms with Gasteiger partial charge < -0.3 is 14.1 Å². The smallest absolute Gasteiger partial charge is 0.410 e. The molecule has 37 heavy (non-hydrogen) atoms. The third kappa shape index (κ3) is 6.01. The van der Waals surface area contributed by atoms with Gasteiger partial charge in [-0.25, -0.2) is 9.31 Å². The molecule has 1 amide bonds. The van der Waals surface area contributed by atoms with E-state index >= 15 is 0 Å². The van der Waals surface area contributed by atoms with Crippen molar-refractivity contribution in [1.82, 2.24) is 24.3 Å². The number of rotatable bonds is 5. The quantitative estimate of drug-likeness (QED) is 0.426. The van der Waals surface area contributed by atoms with Crippen molar-refractivity contribution >= 4 is 25.6 Å². The molecular weight excluding hydrogens is 484 g/mol. The number of aryl methyl sites for hydroxylation is 1. The SMILES string of the molecule is Cn1cc(-c2ccc3c(N4CCN(C(=O)OC(C)(C)C)C(CO[Si](C)(C)C(C)(C)C)C4)cnn3c2)cn1. The normalized spacial score (nSPS) is 17.5. The molecule has 1 saturated heterocycles. The minimum Gasteiger partial charge on any atom is -0.444 e. The van der Waals surface area contributed by atoms with Crippen LogP contribution in [0.2, 0.25) is 18.1 Å². The van der Waals surface area contributed by atoms with Crippen LogP contribution in [0.4, 0.5) is 10.5 Å². The summed E-state index contributed by atoms with van der Waals surface area (Å²) < 4.78 is 16.1. The molecule has 0 aromatic carbocycles. The Morgan fingerprint density at radius 3 is 2.38 bits per heavy atom. The Morgan fingerprint density at radius 1 is 1.03 bits per heavy atom. The van der Waals surface area contributed by atoms with Gasteiger partial charge >= 0.3 is 6.09 Å². The molecule has 9 nitrogen and oxygen atoms in total. The maximum absolute atomic E-state index is 13.1. The average Bonchev–Trinajstić information content (AvgIpc) is 3.41. The molecule has 1 aliphatic rings. The zero-order valence-corrected chi connectivity index (χ0v) is 24.8. The molecule has 3 aromatic heterocycles. The van der Waals surface area contributed by atoms with Gasteiger partial charge in [-0.05, 0) is 45.0 Å². The first kappa shape index (κ1) is 27.2. The Balaban J connectivity index is 1.57. The molecule has 0 aliphatic carbocycles. The van der Waals surface area contributed by atoms with Crippen LogP contribution in [-0.2, 0) is 16.2 Å². The van der Waals surface area contributed by atoms with Crippen molar-refractivity contribution in [1.29, 1.82) is 0 Å². The van der Waals surface area contributed by atoms with E-state index in [4.69, 9.17) is 9.16 Å². The third-order valence-corrected chi connectivity index (χ3v) is 11.9. The van der Waals surface area contributed by atoms with Crippen LogP contribution in [0.5, 0.6) is 0 Å². The summed E-state index contributed by atoms with van der Waals surface area (Å²) in [5, 5.41) is 9.02. The van der Waals surface area contributed by atoms with Gasteiger partial charge in [-0.3, -0.25) is 9.58 Å². The first-order chi connectivity index (χ1) is 17.1. The van der Waals surface area contributed by atoms with E-state index in [0.717, 1.165) is 22.3 Å². The maximum atomic E-state index is 13.1. The van der Waals surface area contributed by atoms with Crippen LogP contribution in [0.3, 0.4) is 0 Å².